The standard InChI is InChI=1S/C8H6F6N2/c1-4(7(9,10)11)5-3-16(2)15-6(5)8(12,13)14/h3H,1H2,2H3. The van der Waals surface area contributed by atoms with Crippen LogP contribution in [0.15, 0.2) is 12.8 Å². The number of aromatic nitrogens is 2. The summed E-state index contributed by atoms with van der Waals surface area (Å²) in [6.45, 7) is 2.61. The Hall–Kier alpha value is -1.47. The number of aryl methyl sites for hydroxylation is 1. The second-order valence-corrected chi connectivity index (χ2v) is 3.04. The maximum absolute atomic E-state index is 12.3. The third-order valence-electron chi connectivity index (χ3n) is 1.76. The molecule has 0 unspecified atom stereocenters. The van der Waals surface area contributed by atoms with Gasteiger partial charge in [-0.05, 0) is 0 Å². The van der Waals surface area contributed by atoms with Crippen LogP contribution in [0.3, 0.4) is 0 Å². The largest absolute Gasteiger partial charge is 0.435 e. The predicted molar refractivity (Wildman–Crippen MR) is 43.3 cm³/mol. The minimum Gasteiger partial charge on any atom is -0.275 e. The Kier molecular flexibility index (Phi) is 2.78. The molecule has 8 heteroatoms. The third kappa shape index (κ3) is 2.37. The number of nitrogens with zero attached hydrogens (tertiary/aromatic N) is 2. The molecule has 0 fully saturated rings. The number of rotatable bonds is 1. The smallest absolute Gasteiger partial charge is 0.275 e. The van der Waals surface area contributed by atoms with Crippen LogP contribution in [0.5, 0.6) is 0 Å². The molecule has 0 aliphatic heterocycles. The highest BCUT2D eigenvalue weighted by atomic mass is 19.4. The fourth-order valence-corrected chi connectivity index (χ4v) is 1.07. The molecule has 0 radical (unpaired) electrons. The van der Waals surface area contributed by atoms with Crippen molar-refractivity contribution in [3.63, 3.8) is 0 Å². The van der Waals surface area contributed by atoms with Crippen LogP contribution in [0.25, 0.3) is 5.57 Å². The van der Waals surface area contributed by atoms with Crippen LogP contribution in [-0.4, -0.2) is 16.0 Å². The predicted octanol–water partition coefficient (Wildman–Crippen LogP) is 3.01. The minimum atomic E-state index is -4.94. The van der Waals surface area contributed by atoms with Crippen LogP contribution in [0.1, 0.15) is 11.3 Å². The van der Waals surface area contributed by atoms with Crippen molar-refractivity contribution < 1.29 is 26.3 Å². The van der Waals surface area contributed by atoms with Gasteiger partial charge < -0.3 is 0 Å². The number of allylic oxidation sites excluding steroid dienone is 1. The second kappa shape index (κ2) is 3.53. The highest BCUT2D eigenvalue weighted by Gasteiger charge is 2.43. The van der Waals surface area contributed by atoms with Gasteiger partial charge in [-0.3, -0.25) is 4.68 Å². The van der Waals surface area contributed by atoms with Crippen molar-refractivity contribution in [2.75, 3.05) is 0 Å². The van der Waals surface area contributed by atoms with E-state index in [1.165, 1.54) is 0 Å². The summed E-state index contributed by atoms with van der Waals surface area (Å²) in [4.78, 5) is 0. The van der Waals surface area contributed by atoms with E-state index in [0.717, 1.165) is 7.05 Å². The quantitative estimate of drug-likeness (QED) is 0.694. The number of halogens is 6. The van der Waals surface area contributed by atoms with Crippen molar-refractivity contribution >= 4 is 5.57 Å². The SMILES string of the molecule is C=C(c1cn(C)nc1C(F)(F)F)C(F)(F)F. The lowest BCUT2D eigenvalue weighted by atomic mass is 10.1. The van der Waals surface area contributed by atoms with Crippen LogP contribution in [0.4, 0.5) is 26.3 Å². The van der Waals surface area contributed by atoms with Crippen LogP contribution >= 0.6 is 0 Å². The van der Waals surface area contributed by atoms with E-state index in [0.29, 0.717) is 10.9 Å². The van der Waals surface area contributed by atoms with Gasteiger partial charge in [0, 0.05) is 18.8 Å². The summed E-state index contributed by atoms with van der Waals surface area (Å²) >= 11 is 0. The molecule has 1 aromatic heterocycles. The Balaban J connectivity index is 3.30. The lowest BCUT2D eigenvalue weighted by molar-refractivity contribution is -0.141. The molecule has 90 valence electrons. The van der Waals surface area contributed by atoms with Crippen LogP contribution in [0, 0.1) is 0 Å². The van der Waals surface area contributed by atoms with Gasteiger partial charge >= 0.3 is 12.4 Å². The molecule has 16 heavy (non-hydrogen) atoms. The topological polar surface area (TPSA) is 17.8 Å². The molecule has 1 aromatic rings. The van der Waals surface area contributed by atoms with Crippen molar-refractivity contribution in [2.45, 2.75) is 12.4 Å². The van der Waals surface area contributed by atoms with E-state index in [2.05, 4.69) is 11.7 Å². The van der Waals surface area contributed by atoms with Gasteiger partial charge in [-0.25, -0.2) is 0 Å². The van der Waals surface area contributed by atoms with Crippen LogP contribution in [0.2, 0.25) is 0 Å². The van der Waals surface area contributed by atoms with E-state index in [4.69, 9.17) is 0 Å². The normalized spacial score (nSPS) is 12.9. The first-order chi connectivity index (χ1) is 7.03. The van der Waals surface area contributed by atoms with Crippen molar-refractivity contribution in [1.82, 2.24) is 9.78 Å². The maximum atomic E-state index is 12.3. The molecule has 0 saturated heterocycles. The molecule has 0 aromatic carbocycles. The van der Waals surface area contributed by atoms with E-state index < -0.39 is 29.2 Å². The molecule has 0 saturated carbocycles. The average Bonchev–Trinajstić information content (AvgIpc) is 2.43. The third-order valence-corrected chi connectivity index (χ3v) is 1.76. The first-order valence-electron chi connectivity index (χ1n) is 3.91. The average molecular weight is 244 g/mol. The summed E-state index contributed by atoms with van der Waals surface area (Å²) in [5, 5.41) is 2.95. The molecule has 0 aliphatic carbocycles. The number of hydrogen-bond donors (Lipinski definition) is 0. The molecular formula is C8H6F6N2. The van der Waals surface area contributed by atoms with Gasteiger partial charge in [-0.1, -0.05) is 6.58 Å². The maximum Gasteiger partial charge on any atom is 0.435 e. The fraction of sp³-hybridized carbons (Fsp3) is 0.375. The van der Waals surface area contributed by atoms with E-state index in [1.54, 1.807) is 0 Å². The second-order valence-electron chi connectivity index (χ2n) is 3.04. The van der Waals surface area contributed by atoms with Crippen molar-refractivity contribution in [1.29, 1.82) is 0 Å². The highest BCUT2D eigenvalue weighted by Crippen LogP contribution is 2.39. The molecule has 1 heterocycles. The molecule has 0 atom stereocenters. The highest BCUT2D eigenvalue weighted by molar-refractivity contribution is 5.69. The first-order valence-corrected chi connectivity index (χ1v) is 3.91. The molecule has 2 nitrogen and oxygen atoms in total. The zero-order chi connectivity index (χ0) is 12.7. The van der Waals surface area contributed by atoms with Crippen LogP contribution < -0.4 is 0 Å². The van der Waals surface area contributed by atoms with E-state index in [9.17, 15) is 26.3 Å². The first kappa shape index (κ1) is 12.6. The molecule has 0 spiro atoms. The van der Waals surface area contributed by atoms with E-state index in [-0.39, 0.29) is 0 Å². The summed E-state index contributed by atoms with van der Waals surface area (Å²) in [5.41, 5.74) is -4.20. The van der Waals surface area contributed by atoms with Gasteiger partial charge in [0.15, 0.2) is 5.69 Å². The van der Waals surface area contributed by atoms with Gasteiger partial charge in [0.05, 0.1) is 5.57 Å². The zero-order valence-electron chi connectivity index (χ0n) is 7.95. The van der Waals surface area contributed by atoms with Gasteiger partial charge in [0.1, 0.15) is 0 Å². The van der Waals surface area contributed by atoms with Crippen LogP contribution in [-0.2, 0) is 13.2 Å². The molecule has 0 bridgehead atoms. The summed E-state index contributed by atoms with van der Waals surface area (Å²) < 4.78 is 74.3. The van der Waals surface area contributed by atoms with E-state index in [1.807, 2.05) is 0 Å². The Morgan fingerprint density at radius 1 is 1.25 bits per heavy atom. The molecule has 0 N–H and O–H groups in total. The Labute approximate surface area is 86.2 Å². The summed E-state index contributed by atoms with van der Waals surface area (Å²) in [7, 11) is 1.10. The van der Waals surface area contributed by atoms with Gasteiger partial charge in [-0.2, -0.15) is 31.4 Å². The molecular weight excluding hydrogens is 238 g/mol. The van der Waals surface area contributed by atoms with Gasteiger partial charge in [0.2, 0.25) is 0 Å². The number of alkyl halides is 6. The Bertz CT molecular complexity index is 411. The Morgan fingerprint density at radius 3 is 2.12 bits per heavy atom. The molecule has 1 rings (SSSR count). The molecule has 0 aliphatic rings. The van der Waals surface area contributed by atoms with Gasteiger partial charge in [0.25, 0.3) is 0 Å². The lowest BCUT2D eigenvalue weighted by Gasteiger charge is -2.10. The monoisotopic (exact) mass is 244 g/mol. The fourth-order valence-electron chi connectivity index (χ4n) is 1.07. The summed E-state index contributed by atoms with van der Waals surface area (Å²) in [6.07, 6.45) is -9.22. The number of hydrogen-bond acceptors (Lipinski definition) is 1. The molecule has 0 amide bonds. The summed E-state index contributed by atoms with van der Waals surface area (Å²) in [5.74, 6) is 0. The Morgan fingerprint density at radius 2 is 1.75 bits per heavy atom. The summed E-state index contributed by atoms with van der Waals surface area (Å²) in [6, 6.07) is 0. The van der Waals surface area contributed by atoms with Crippen molar-refractivity contribution in [2.24, 2.45) is 7.05 Å². The van der Waals surface area contributed by atoms with Gasteiger partial charge in [-0.15, -0.1) is 0 Å². The minimum absolute atomic E-state index is 0.638. The van der Waals surface area contributed by atoms with E-state index >= 15 is 0 Å². The zero-order valence-corrected chi connectivity index (χ0v) is 7.95. The van der Waals surface area contributed by atoms with Crippen molar-refractivity contribution in [3.8, 4) is 0 Å². The van der Waals surface area contributed by atoms with Crippen molar-refractivity contribution in [3.05, 3.63) is 24.0 Å². The lowest BCUT2D eigenvalue weighted by Crippen LogP contribution is -2.14.